The molecule has 1 heterocycles. The molecule has 1 unspecified atom stereocenters. The number of rotatable bonds is 4. The summed E-state index contributed by atoms with van der Waals surface area (Å²) in [5, 5.41) is 6.38. The Labute approximate surface area is 114 Å². The van der Waals surface area contributed by atoms with Gasteiger partial charge in [-0.3, -0.25) is 4.79 Å². The lowest BCUT2D eigenvalue weighted by Crippen LogP contribution is -2.41. The molecule has 0 aromatic carbocycles. The van der Waals surface area contributed by atoms with Gasteiger partial charge in [-0.25, -0.2) is 4.98 Å². The summed E-state index contributed by atoms with van der Waals surface area (Å²) in [5.74, 6) is 0.532. The monoisotopic (exact) mass is 319 g/mol. The third kappa shape index (κ3) is 4.52. The molecular formula is C11H15BrClN3O. The summed E-state index contributed by atoms with van der Waals surface area (Å²) < 4.78 is 0.731. The third-order valence-corrected chi connectivity index (χ3v) is 2.80. The molecule has 0 aliphatic carbocycles. The highest BCUT2D eigenvalue weighted by Crippen LogP contribution is 2.23. The van der Waals surface area contributed by atoms with Crippen LogP contribution < -0.4 is 10.6 Å². The van der Waals surface area contributed by atoms with Gasteiger partial charge in [0.2, 0.25) is 5.91 Å². The molecule has 1 atom stereocenters. The van der Waals surface area contributed by atoms with Crippen LogP contribution in [0.5, 0.6) is 0 Å². The number of halogens is 2. The van der Waals surface area contributed by atoms with E-state index in [2.05, 4.69) is 31.5 Å². The Bertz CT molecular complexity index is 412. The molecule has 0 aliphatic rings. The molecular weight excluding hydrogens is 305 g/mol. The van der Waals surface area contributed by atoms with E-state index in [0.29, 0.717) is 10.8 Å². The van der Waals surface area contributed by atoms with Gasteiger partial charge in [-0.2, -0.15) is 0 Å². The Morgan fingerprint density at radius 1 is 1.47 bits per heavy atom. The van der Waals surface area contributed by atoms with Crippen molar-refractivity contribution in [1.29, 1.82) is 0 Å². The number of aromatic nitrogens is 1. The second-order valence-electron chi connectivity index (χ2n) is 4.01. The van der Waals surface area contributed by atoms with Crippen LogP contribution >= 0.6 is 27.5 Å². The Kier molecular flexibility index (Phi) is 5.21. The molecule has 0 bridgehead atoms. The highest BCUT2D eigenvalue weighted by molar-refractivity contribution is 9.10. The van der Waals surface area contributed by atoms with E-state index in [0.717, 1.165) is 4.47 Å². The fourth-order valence-electron chi connectivity index (χ4n) is 1.20. The molecule has 6 heteroatoms. The highest BCUT2D eigenvalue weighted by Gasteiger charge is 2.15. The number of nitrogens with one attached hydrogen (secondary N) is 2. The molecule has 1 amide bonds. The van der Waals surface area contributed by atoms with Crippen molar-refractivity contribution in [2.45, 2.75) is 32.9 Å². The van der Waals surface area contributed by atoms with Crippen molar-refractivity contribution in [1.82, 2.24) is 10.3 Å². The average molecular weight is 321 g/mol. The van der Waals surface area contributed by atoms with Crippen molar-refractivity contribution < 1.29 is 4.79 Å². The fourth-order valence-corrected chi connectivity index (χ4v) is 1.95. The molecule has 1 aromatic heterocycles. The molecule has 4 nitrogen and oxygen atoms in total. The van der Waals surface area contributed by atoms with Crippen molar-refractivity contribution >= 4 is 39.3 Å². The van der Waals surface area contributed by atoms with Crippen LogP contribution in [-0.2, 0) is 4.79 Å². The maximum absolute atomic E-state index is 11.7. The van der Waals surface area contributed by atoms with Crippen molar-refractivity contribution in [2.24, 2.45) is 0 Å². The molecule has 1 aromatic rings. The predicted octanol–water partition coefficient (Wildman–Crippen LogP) is 2.82. The van der Waals surface area contributed by atoms with Gasteiger partial charge >= 0.3 is 0 Å². The zero-order valence-corrected chi connectivity index (χ0v) is 12.3. The molecule has 0 saturated carbocycles. The van der Waals surface area contributed by atoms with Gasteiger partial charge in [0.1, 0.15) is 11.9 Å². The molecule has 0 saturated heterocycles. The zero-order valence-electron chi connectivity index (χ0n) is 9.92. The summed E-state index contributed by atoms with van der Waals surface area (Å²) in [6.45, 7) is 5.61. The fraction of sp³-hybridized carbons (Fsp3) is 0.455. The molecule has 0 spiro atoms. The van der Waals surface area contributed by atoms with Crippen molar-refractivity contribution in [3.8, 4) is 0 Å². The Hall–Kier alpha value is -0.810. The van der Waals surface area contributed by atoms with Gasteiger partial charge in [-0.05, 0) is 42.8 Å². The second-order valence-corrected chi connectivity index (χ2v) is 5.30. The number of hydrogen-bond acceptors (Lipinski definition) is 3. The van der Waals surface area contributed by atoms with Crippen LogP contribution in [0.15, 0.2) is 16.7 Å². The minimum absolute atomic E-state index is 0.0661. The minimum Gasteiger partial charge on any atom is -0.358 e. The number of nitrogens with zero attached hydrogens (tertiary/aromatic N) is 1. The Balaban J connectivity index is 2.67. The standard InChI is InChI=1S/C11H15BrClN3O/c1-6(2)15-11(17)7(3)16-10-9(12)4-8(13)5-14-10/h4-7H,1-3H3,(H,14,16)(H,15,17). The summed E-state index contributed by atoms with van der Waals surface area (Å²) >= 11 is 9.12. The zero-order chi connectivity index (χ0) is 13.0. The van der Waals surface area contributed by atoms with E-state index in [4.69, 9.17) is 11.6 Å². The summed E-state index contributed by atoms with van der Waals surface area (Å²) in [4.78, 5) is 15.8. The van der Waals surface area contributed by atoms with Crippen LogP contribution in [0.2, 0.25) is 5.02 Å². The first-order valence-corrected chi connectivity index (χ1v) is 6.45. The summed E-state index contributed by atoms with van der Waals surface area (Å²) in [7, 11) is 0. The van der Waals surface area contributed by atoms with Gasteiger partial charge in [-0.1, -0.05) is 11.6 Å². The maximum atomic E-state index is 11.7. The molecule has 1 rings (SSSR count). The van der Waals surface area contributed by atoms with Crippen LogP contribution in [-0.4, -0.2) is 23.0 Å². The van der Waals surface area contributed by atoms with E-state index in [1.54, 1.807) is 13.0 Å². The van der Waals surface area contributed by atoms with Crippen LogP contribution in [0.3, 0.4) is 0 Å². The largest absolute Gasteiger partial charge is 0.358 e. The number of hydrogen-bond donors (Lipinski definition) is 2. The van der Waals surface area contributed by atoms with Gasteiger partial charge in [0.15, 0.2) is 0 Å². The normalized spacial score (nSPS) is 12.4. The van der Waals surface area contributed by atoms with Crippen LogP contribution in [0.4, 0.5) is 5.82 Å². The smallest absolute Gasteiger partial charge is 0.242 e. The molecule has 0 aliphatic heterocycles. The summed E-state index contributed by atoms with van der Waals surface area (Å²) in [6, 6.07) is 1.49. The quantitative estimate of drug-likeness (QED) is 0.897. The highest BCUT2D eigenvalue weighted by atomic mass is 79.9. The second kappa shape index (κ2) is 6.21. The van der Waals surface area contributed by atoms with Crippen molar-refractivity contribution in [2.75, 3.05) is 5.32 Å². The Morgan fingerprint density at radius 3 is 2.65 bits per heavy atom. The van der Waals surface area contributed by atoms with E-state index < -0.39 is 0 Å². The van der Waals surface area contributed by atoms with Gasteiger partial charge in [-0.15, -0.1) is 0 Å². The van der Waals surface area contributed by atoms with Gasteiger partial charge in [0.05, 0.1) is 9.50 Å². The molecule has 17 heavy (non-hydrogen) atoms. The van der Waals surface area contributed by atoms with Gasteiger partial charge in [0, 0.05) is 12.2 Å². The maximum Gasteiger partial charge on any atom is 0.242 e. The average Bonchev–Trinajstić information content (AvgIpc) is 2.21. The third-order valence-electron chi connectivity index (χ3n) is 1.99. The minimum atomic E-state index is -0.359. The number of anilines is 1. The molecule has 0 fully saturated rings. The molecule has 94 valence electrons. The SMILES string of the molecule is CC(C)NC(=O)C(C)Nc1ncc(Cl)cc1Br. The van der Waals surface area contributed by atoms with Crippen LogP contribution in [0.25, 0.3) is 0 Å². The number of pyridine rings is 1. The number of carbonyl (C=O) groups is 1. The summed E-state index contributed by atoms with van der Waals surface area (Å²) in [6.07, 6.45) is 1.53. The van der Waals surface area contributed by atoms with E-state index in [-0.39, 0.29) is 18.0 Å². The van der Waals surface area contributed by atoms with Crippen molar-refractivity contribution in [3.63, 3.8) is 0 Å². The topological polar surface area (TPSA) is 54.0 Å². The Morgan fingerprint density at radius 2 is 2.12 bits per heavy atom. The molecule has 0 radical (unpaired) electrons. The lowest BCUT2D eigenvalue weighted by molar-refractivity contribution is -0.122. The van der Waals surface area contributed by atoms with E-state index in [1.807, 2.05) is 13.8 Å². The summed E-state index contributed by atoms with van der Waals surface area (Å²) in [5.41, 5.74) is 0. The lowest BCUT2D eigenvalue weighted by Gasteiger charge is -2.17. The van der Waals surface area contributed by atoms with Gasteiger partial charge < -0.3 is 10.6 Å². The van der Waals surface area contributed by atoms with E-state index in [1.165, 1.54) is 6.20 Å². The van der Waals surface area contributed by atoms with Crippen LogP contribution in [0, 0.1) is 0 Å². The first kappa shape index (κ1) is 14.3. The first-order chi connectivity index (χ1) is 7.90. The lowest BCUT2D eigenvalue weighted by atomic mass is 10.3. The van der Waals surface area contributed by atoms with E-state index >= 15 is 0 Å². The van der Waals surface area contributed by atoms with Crippen LogP contribution in [0.1, 0.15) is 20.8 Å². The first-order valence-electron chi connectivity index (χ1n) is 5.28. The molecule has 2 N–H and O–H groups in total. The van der Waals surface area contributed by atoms with E-state index in [9.17, 15) is 4.79 Å². The number of amides is 1. The number of carbonyl (C=O) groups excluding carboxylic acids is 1. The predicted molar refractivity (Wildman–Crippen MR) is 73.3 cm³/mol. The van der Waals surface area contributed by atoms with Crippen molar-refractivity contribution in [3.05, 3.63) is 21.8 Å². The van der Waals surface area contributed by atoms with Gasteiger partial charge in [0.25, 0.3) is 0 Å².